The molecule has 160 valence electrons. The predicted octanol–water partition coefficient (Wildman–Crippen LogP) is 3.47. The number of benzene rings is 2. The molecule has 7 heteroatoms. The second-order valence-electron chi connectivity index (χ2n) is 7.41. The van der Waals surface area contributed by atoms with Gasteiger partial charge in [-0.1, -0.05) is 60.7 Å². The second kappa shape index (κ2) is 11.2. The number of carbonyl (C=O) groups is 2. The lowest BCUT2D eigenvalue weighted by atomic mass is 10.0. The van der Waals surface area contributed by atoms with Gasteiger partial charge in [-0.3, -0.25) is 0 Å². The van der Waals surface area contributed by atoms with Crippen molar-refractivity contribution in [2.45, 2.75) is 44.6 Å². The zero-order valence-electron chi connectivity index (χ0n) is 16.9. The van der Waals surface area contributed by atoms with Gasteiger partial charge < -0.3 is 24.8 Å². The van der Waals surface area contributed by atoms with Gasteiger partial charge >= 0.3 is 12.2 Å². The van der Waals surface area contributed by atoms with E-state index >= 15 is 0 Å². The molecule has 1 aliphatic rings. The monoisotopic (exact) mass is 412 g/mol. The van der Waals surface area contributed by atoms with Crippen LogP contribution in [-0.2, 0) is 22.7 Å². The quantitative estimate of drug-likeness (QED) is 0.785. The van der Waals surface area contributed by atoms with Crippen LogP contribution in [0, 0.1) is 0 Å². The molecule has 2 aromatic rings. The standard InChI is InChI=1S/C23H28N2O5/c26-21-12-11-20(24-22(27)29-16-18-7-3-1-4-8-18)15-25(14-13-21)23(28)30-17-19-9-5-2-6-10-19/h1-10,20-21,26H,11-17H2,(H,24,27)/t20-,21?/m0/s1. The van der Waals surface area contributed by atoms with Crippen LogP contribution in [0.1, 0.15) is 30.4 Å². The van der Waals surface area contributed by atoms with Crippen LogP contribution in [-0.4, -0.2) is 47.4 Å². The van der Waals surface area contributed by atoms with E-state index in [0.717, 1.165) is 11.1 Å². The largest absolute Gasteiger partial charge is 0.445 e. The van der Waals surface area contributed by atoms with Gasteiger partial charge in [-0.25, -0.2) is 9.59 Å². The minimum Gasteiger partial charge on any atom is -0.445 e. The van der Waals surface area contributed by atoms with Crippen LogP contribution in [0.15, 0.2) is 60.7 Å². The first kappa shape index (κ1) is 21.6. The van der Waals surface area contributed by atoms with Crippen molar-refractivity contribution in [3.8, 4) is 0 Å². The summed E-state index contributed by atoms with van der Waals surface area (Å²) in [6.45, 7) is 1.02. The van der Waals surface area contributed by atoms with Gasteiger partial charge in [0, 0.05) is 19.1 Å². The van der Waals surface area contributed by atoms with Gasteiger partial charge in [0.25, 0.3) is 0 Å². The lowest BCUT2D eigenvalue weighted by Crippen LogP contribution is -2.48. The van der Waals surface area contributed by atoms with Gasteiger partial charge in [-0.15, -0.1) is 0 Å². The molecule has 2 atom stereocenters. The molecular weight excluding hydrogens is 384 g/mol. The molecule has 0 radical (unpaired) electrons. The molecule has 0 bridgehead atoms. The minimum absolute atomic E-state index is 0.171. The Morgan fingerprint density at radius 2 is 1.50 bits per heavy atom. The van der Waals surface area contributed by atoms with E-state index in [9.17, 15) is 14.7 Å². The molecule has 0 aliphatic carbocycles. The molecule has 1 heterocycles. The highest BCUT2D eigenvalue weighted by molar-refractivity contribution is 5.69. The van der Waals surface area contributed by atoms with Crippen LogP contribution < -0.4 is 5.32 Å². The summed E-state index contributed by atoms with van der Waals surface area (Å²) in [4.78, 5) is 26.3. The van der Waals surface area contributed by atoms with Gasteiger partial charge in [0.15, 0.2) is 0 Å². The number of nitrogens with one attached hydrogen (secondary N) is 1. The van der Waals surface area contributed by atoms with Gasteiger partial charge in [0.2, 0.25) is 0 Å². The van der Waals surface area contributed by atoms with Crippen molar-refractivity contribution in [1.29, 1.82) is 0 Å². The van der Waals surface area contributed by atoms with Crippen LogP contribution in [0.25, 0.3) is 0 Å². The fourth-order valence-electron chi connectivity index (χ4n) is 3.32. The molecule has 7 nitrogen and oxygen atoms in total. The Morgan fingerprint density at radius 1 is 0.900 bits per heavy atom. The van der Waals surface area contributed by atoms with Crippen molar-refractivity contribution >= 4 is 12.2 Å². The smallest absolute Gasteiger partial charge is 0.410 e. The van der Waals surface area contributed by atoms with E-state index in [1.54, 1.807) is 0 Å². The fraction of sp³-hybridized carbons (Fsp3) is 0.391. The highest BCUT2D eigenvalue weighted by Crippen LogP contribution is 2.14. The number of aliphatic hydroxyl groups is 1. The fourth-order valence-corrected chi connectivity index (χ4v) is 3.32. The first-order valence-corrected chi connectivity index (χ1v) is 10.2. The molecule has 1 saturated heterocycles. The summed E-state index contributed by atoms with van der Waals surface area (Å²) in [7, 11) is 0. The Labute approximate surface area is 176 Å². The van der Waals surface area contributed by atoms with Crippen LogP contribution in [0.5, 0.6) is 0 Å². The number of likely N-dealkylation sites (tertiary alicyclic amines) is 1. The third-order valence-electron chi connectivity index (χ3n) is 5.02. The van der Waals surface area contributed by atoms with E-state index in [4.69, 9.17) is 9.47 Å². The minimum atomic E-state index is -0.545. The van der Waals surface area contributed by atoms with E-state index in [-0.39, 0.29) is 19.3 Å². The van der Waals surface area contributed by atoms with E-state index < -0.39 is 18.3 Å². The topological polar surface area (TPSA) is 88.1 Å². The number of rotatable bonds is 5. The number of carbonyl (C=O) groups excluding carboxylic acids is 2. The molecule has 1 unspecified atom stereocenters. The summed E-state index contributed by atoms with van der Waals surface area (Å²) in [5, 5.41) is 12.9. The first-order chi connectivity index (χ1) is 14.6. The Balaban J connectivity index is 1.52. The van der Waals surface area contributed by atoms with E-state index in [2.05, 4.69) is 5.32 Å². The van der Waals surface area contributed by atoms with Gasteiger partial charge in [-0.05, 0) is 30.4 Å². The van der Waals surface area contributed by atoms with Crippen molar-refractivity contribution in [2.24, 2.45) is 0 Å². The zero-order valence-corrected chi connectivity index (χ0v) is 16.9. The molecular formula is C23H28N2O5. The predicted molar refractivity (Wildman–Crippen MR) is 112 cm³/mol. The maximum atomic E-state index is 12.6. The summed E-state index contributed by atoms with van der Waals surface area (Å²) in [6.07, 6.45) is 0.0416. The van der Waals surface area contributed by atoms with Gasteiger partial charge in [-0.2, -0.15) is 0 Å². The molecule has 30 heavy (non-hydrogen) atoms. The number of alkyl carbamates (subject to hydrolysis) is 1. The molecule has 2 N–H and O–H groups in total. The summed E-state index contributed by atoms with van der Waals surface area (Å²) < 4.78 is 10.7. The maximum absolute atomic E-state index is 12.6. The Hall–Kier alpha value is -3.06. The third kappa shape index (κ3) is 7.08. The number of hydrogen-bond acceptors (Lipinski definition) is 5. The van der Waals surface area contributed by atoms with Gasteiger partial charge in [0.05, 0.1) is 6.10 Å². The Morgan fingerprint density at radius 3 is 2.13 bits per heavy atom. The van der Waals surface area contributed by atoms with Gasteiger partial charge in [0.1, 0.15) is 13.2 Å². The molecule has 3 rings (SSSR count). The number of aliphatic hydroxyl groups excluding tert-OH is 1. The molecule has 2 aromatic carbocycles. The first-order valence-electron chi connectivity index (χ1n) is 10.2. The van der Waals surface area contributed by atoms with Crippen molar-refractivity contribution < 1.29 is 24.2 Å². The average molecular weight is 412 g/mol. The lowest BCUT2D eigenvalue weighted by molar-refractivity contribution is 0.0674. The van der Waals surface area contributed by atoms with E-state index in [1.807, 2.05) is 60.7 Å². The van der Waals surface area contributed by atoms with Crippen molar-refractivity contribution in [3.63, 3.8) is 0 Å². The van der Waals surface area contributed by atoms with Crippen LogP contribution in [0.3, 0.4) is 0 Å². The Bertz CT molecular complexity index is 800. The number of nitrogens with zero attached hydrogens (tertiary/aromatic N) is 1. The SMILES string of the molecule is O=C(N[C@H]1CCC(O)CCN(C(=O)OCc2ccccc2)C1)OCc1ccccc1. The number of ether oxygens (including phenoxy) is 2. The normalized spacial score (nSPS) is 19.3. The molecule has 0 spiro atoms. The molecule has 1 aliphatic heterocycles. The highest BCUT2D eigenvalue weighted by atomic mass is 16.6. The zero-order chi connectivity index (χ0) is 21.2. The third-order valence-corrected chi connectivity index (χ3v) is 5.02. The summed E-state index contributed by atoms with van der Waals surface area (Å²) >= 11 is 0. The molecule has 1 fully saturated rings. The summed E-state index contributed by atoms with van der Waals surface area (Å²) in [5.41, 5.74) is 1.80. The van der Waals surface area contributed by atoms with Crippen molar-refractivity contribution in [2.75, 3.05) is 13.1 Å². The van der Waals surface area contributed by atoms with E-state index in [0.29, 0.717) is 32.4 Å². The van der Waals surface area contributed by atoms with E-state index in [1.165, 1.54) is 4.90 Å². The van der Waals surface area contributed by atoms with Crippen LogP contribution in [0.2, 0.25) is 0 Å². The lowest BCUT2D eigenvalue weighted by Gasteiger charge is -2.31. The highest BCUT2D eigenvalue weighted by Gasteiger charge is 2.26. The van der Waals surface area contributed by atoms with Crippen LogP contribution >= 0.6 is 0 Å². The van der Waals surface area contributed by atoms with Crippen molar-refractivity contribution in [3.05, 3.63) is 71.8 Å². The Kier molecular flexibility index (Phi) is 8.09. The van der Waals surface area contributed by atoms with Crippen LogP contribution in [0.4, 0.5) is 9.59 Å². The molecule has 0 saturated carbocycles. The number of amides is 2. The summed E-state index contributed by atoms with van der Waals surface area (Å²) in [5.74, 6) is 0. The average Bonchev–Trinajstić information content (AvgIpc) is 2.77. The number of hydrogen-bond donors (Lipinski definition) is 2. The molecule has 2 amide bonds. The summed E-state index contributed by atoms with van der Waals surface area (Å²) in [6, 6.07) is 18.5. The molecule has 0 aromatic heterocycles. The van der Waals surface area contributed by atoms with Crippen molar-refractivity contribution in [1.82, 2.24) is 10.2 Å². The second-order valence-corrected chi connectivity index (χ2v) is 7.41. The maximum Gasteiger partial charge on any atom is 0.410 e.